The number of thioether (sulfide) groups is 2. The standard InChI is InChI=1S/C18H32N2OS2/c1-17(2,22-5-3-19)23-6-4-20-16(21)18-10-13-7-14(11-18)9-15(8-13)12-18/h13-15H,3-12,19H2,1-2H3,(H,20,21). The Kier molecular flexibility index (Phi) is 5.59. The van der Waals surface area contributed by atoms with Crippen molar-refractivity contribution in [2.75, 3.05) is 24.6 Å². The van der Waals surface area contributed by atoms with Crippen LogP contribution in [-0.4, -0.2) is 34.6 Å². The Hall–Kier alpha value is 0.130. The molecule has 0 aromatic carbocycles. The first-order valence-corrected chi connectivity index (χ1v) is 11.2. The summed E-state index contributed by atoms with van der Waals surface area (Å²) >= 11 is 3.84. The normalized spacial score (nSPS) is 35.5. The fourth-order valence-electron chi connectivity index (χ4n) is 5.38. The number of rotatable bonds is 8. The van der Waals surface area contributed by atoms with Crippen molar-refractivity contribution < 1.29 is 4.79 Å². The molecule has 4 fully saturated rings. The van der Waals surface area contributed by atoms with E-state index in [1.54, 1.807) is 0 Å². The van der Waals surface area contributed by atoms with E-state index >= 15 is 0 Å². The third kappa shape index (κ3) is 4.21. The molecule has 0 aromatic heterocycles. The van der Waals surface area contributed by atoms with E-state index in [0.29, 0.717) is 5.91 Å². The van der Waals surface area contributed by atoms with Crippen LogP contribution in [0.4, 0.5) is 0 Å². The van der Waals surface area contributed by atoms with E-state index < -0.39 is 0 Å². The summed E-state index contributed by atoms with van der Waals surface area (Å²) in [6.45, 7) is 6.03. The molecular weight excluding hydrogens is 324 g/mol. The van der Waals surface area contributed by atoms with Crippen LogP contribution in [0.2, 0.25) is 0 Å². The summed E-state index contributed by atoms with van der Waals surface area (Å²) in [6.07, 6.45) is 7.68. The number of nitrogens with one attached hydrogen (secondary N) is 1. The molecule has 4 aliphatic carbocycles. The zero-order valence-electron chi connectivity index (χ0n) is 14.6. The van der Waals surface area contributed by atoms with Gasteiger partial charge in [0, 0.05) is 30.0 Å². The van der Waals surface area contributed by atoms with Crippen molar-refractivity contribution in [3.8, 4) is 0 Å². The molecule has 0 aromatic rings. The van der Waals surface area contributed by atoms with E-state index in [9.17, 15) is 4.79 Å². The second kappa shape index (κ2) is 7.17. The predicted octanol–water partition coefficient (Wildman–Crippen LogP) is 3.48. The molecule has 0 spiro atoms. The predicted molar refractivity (Wildman–Crippen MR) is 102 cm³/mol. The average Bonchev–Trinajstić information content (AvgIpc) is 2.48. The molecule has 4 bridgehead atoms. The SMILES string of the molecule is CC(C)(SCCN)SCCNC(=O)C12CC3CC(CC(C3)C1)C2. The first kappa shape index (κ1) is 17.9. The minimum Gasteiger partial charge on any atom is -0.355 e. The highest BCUT2D eigenvalue weighted by atomic mass is 32.2. The zero-order valence-corrected chi connectivity index (χ0v) is 16.2. The van der Waals surface area contributed by atoms with Crippen molar-refractivity contribution in [2.24, 2.45) is 28.9 Å². The molecule has 3 N–H and O–H groups in total. The van der Waals surface area contributed by atoms with Crippen LogP contribution in [-0.2, 0) is 4.79 Å². The summed E-state index contributed by atoms with van der Waals surface area (Å²) < 4.78 is 0.185. The van der Waals surface area contributed by atoms with E-state index in [1.165, 1.54) is 19.3 Å². The first-order valence-electron chi connectivity index (χ1n) is 9.19. The largest absolute Gasteiger partial charge is 0.355 e. The lowest BCUT2D eigenvalue weighted by atomic mass is 9.49. The molecule has 0 heterocycles. The molecule has 0 unspecified atom stereocenters. The van der Waals surface area contributed by atoms with E-state index in [4.69, 9.17) is 5.73 Å². The fraction of sp³-hybridized carbons (Fsp3) is 0.944. The number of carbonyl (C=O) groups excluding carboxylic acids is 1. The highest BCUT2D eigenvalue weighted by molar-refractivity contribution is 8.18. The number of nitrogens with two attached hydrogens (primary N) is 1. The van der Waals surface area contributed by atoms with Crippen molar-refractivity contribution in [3.63, 3.8) is 0 Å². The van der Waals surface area contributed by atoms with Gasteiger partial charge in [0.05, 0.1) is 4.08 Å². The van der Waals surface area contributed by atoms with Crippen LogP contribution in [0, 0.1) is 23.2 Å². The van der Waals surface area contributed by atoms with Gasteiger partial charge in [0.1, 0.15) is 0 Å². The van der Waals surface area contributed by atoms with Gasteiger partial charge in [-0.15, -0.1) is 23.5 Å². The Morgan fingerprint density at radius 1 is 1.09 bits per heavy atom. The molecule has 0 radical (unpaired) electrons. The summed E-state index contributed by atoms with van der Waals surface area (Å²) in [6, 6.07) is 0. The quantitative estimate of drug-likeness (QED) is 0.516. The summed E-state index contributed by atoms with van der Waals surface area (Å²) in [5.41, 5.74) is 5.59. The van der Waals surface area contributed by atoms with Crippen LogP contribution in [0.15, 0.2) is 0 Å². The van der Waals surface area contributed by atoms with Gasteiger partial charge in [0.25, 0.3) is 0 Å². The van der Waals surface area contributed by atoms with Crippen LogP contribution in [0.3, 0.4) is 0 Å². The molecule has 0 aliphatic heterocycles. The van der Waals surface area contributed by atoms with Crippen LogP contribution < -0.4 is 11.1 Å². The van der Waals surface area contributed by atoms with Crippen molar-refractivity contribution in [3.05, 3.63) is 0 Å². The maximum absolute atomic E-state index is 12.9. The number of amides is 1. The van der Waals surface area contributed by atoms with E-state index in [1.807, 2.05) is 23.5 Å². The molecule has 1 amide bonds. The molecule has 3 nitrogen and oxygen atoms in total. The Morgan fingerprint density at radius 3 is 2.13 bits per heavy atom. The Bertz CT molecular complexity index is 403. The van der Waals surface area contributed by atoms with Gasteiger partial charge in [-0.05, 0) is 70.1 Å². The van der Waals surface area contributed by atoms with Gasteiger partial charge in [0.15, 0.2) is 0 Å². The van der Waals surface area contributed by atoms with Gasteiger partial charge in [-0.2, -0.15) is 0 Å². The number of hydrogen-bond donors (Lipinski definition) is 2. The Morgan fingerprint density at radius 2 is 1.61 bits per heavy atom. The third-order valence-corrected chi connectivity index (χ3v) is 8.87. The van der Waals surface area contributed by atoms with Crippen molar-refractivity contribution in [1.29, 1.82) is 0 Å². The zero-order chi connectivity index (χ0) is 16.5. The summed E-state index contributed by atoms with van der Waals surface area (Å²) in [5.74, 6) is 4.88. The molecule has 5 heteroatoms. The Balaban J connectivity index is 1.43. The maximum Gasteiger partial charge on any atom is 0.226 e. The minimum absolute atomic E-state index is 0.00321. The lowest BCUT2D eigenvalue weighted by Gasteiger charge is -2.55. The van der Waals surface area contributed by atoms with Crippen LogP contribution >= 0.6 is 23.5 Å². The monoisotopic (exact) mass is 356 g/mol. The van der Waals surface area contributed by atoms with Gasteiger partial charge < -0.3 is 11.1 Å². The molecular formula is C18H32N2OS2. The summed E-state index contributed by atoms with van der Waals surface area (Å²) in [7, 11) is 0. The topological polar surface area (TPSA) is 55.1 Å². The lowest BCUT2D eigenvalue weighted by molar-refractivity contribution is -0.146. The van der Waals surface area contributed by atoms with Gasteiger partial charge in [0.2, 0.25) is 5.91 Å². The highest BCUT2D eigenvalue weighted by Crippen LogP contribution is 2.60. The summed E-state index contributed by atoms with van der Waals surface area (Å²) in [4.78, 5) is 12.9. The van der Waals surface area contributed by atoms with Crippen molar-refractivity contribution in [1.82, 2.24) is 5.32 Å². The molecule has 0 atom stereocenters. The van der Waals surface area contributed by atoms with Gasteiger partial charge in [-0.1, -0.05) is 0 Å². The molecule has 4 rings (SSSR count). The first-order chi connectivity index (χ1) is 10.9. The van der Waals surface area contributed by atoms with Crippen LogP contribution in [0.5, 0.6) is 0 Å². The van der Waals surface area contributed by atoms with E-state index in [2.05, 4.69) is 19.2 Å². The smallest absolute Gasteiger partial charge is 0.226 e. The van der Waals surface area contributed by atoms with E-state index in [0.717, 1.165) is 61.6 Å². The third-order valence-electron chi connectivity index (χ3n) is 5.92. The molecule has 23 heavy (non-hydrogen) atoms. The minimum atomic E-state index is 0.00321. The van der Waals surface area contributed by atoms with Crippen LogP contribution in [0.25, 0.3) is 0 Å². The second-order valence-corrected chi connectivity index (χ2v) is 12.0. The van der Waals surface area contributed by atoms with Crippen LogP contribution in [0.1, 0.15) is 52.4 Å². The fourth-order valence-corrected chi connectivity index (χ4v) is 7.52. The van der Waals surface area contributed by atoms with Gasteiger partial charge in [-0.25, -0.2) is 0 Å². The molecule has 4 saturated carbocycles. The molecule has 0 saturated heterocycles. The highest BCUT2D eigenvalue weighted by Gasteiger charge is 2.54. The Labute approximate surface area is 149 Å². The van der Waals surface area contributed by atoms with Gasteiger partial charge in [-0.3, -0.25) is 4.79 Å². The lowest BCUT2D eigenvalue weighted by Crippen LogP contribution is -2.53. The number of hydrogen-bond acceptors (Lipinski definition) is 4. The van der Waals surface area contributed by atoms with Crippen molar-refractivity contribution in [2.45, 2.75) is 56.5 Å². The van der Waals surface area contributed by atoms with Crippen molar-refractivity contribution >= 4 is 29.4 Å². The molecule has 4 aliphatic rings. The summed E-state index contributed by atoms with van der Waals surface area (Å²) in [5, 5.41) is 3.27. The average molecular weight is 357 g/mol. The van der Waals surface area contributed by atoms with Gasteiger partial charge >= 0.3 is 0 Å². The molecule has 132 valence electrons. The van der Waals surface area contributed by atoms with E-state index in [-0.39, 0.29) is 9.49 Å². The number of carbonyl (C=O) groups is 1. The second-order valence-electron chi connectivity index (χ2n) is 8.34. The maximum atomic E-state index is 12.9.